The summed E-state index contributed by atoms with van der Waals surface area (Å²) in [6, 6.07) is 14.2. The lowest BCUT2D eigenvalue weighted by Crippen LogP contribution is -2.14. The van der Waals surface area contributed by atoms with Crippen molar-refractivity contribution in [2.75, 3.05) is 0 Å². The van der Waals surface area contributed by atoms with Crippen molar-refractivity contribution in [3.63, 3.8) is 0 Å². The molecule has 0 saturated carbocycles. The molecule has 0 atom stereocenters. The van der Waals surface area contributed by atoms with Gasteiger partial charge in [-0.05, 0) is 30.7 Å². The molecule has 104 valence electrons. The van der Waals surface area contributed by atoms with Crippen LogP contribution in [0.15, 0.2) is 57.0 Å². The summed E-state index contributed by atoms with van der Waals surface area (Å²) in [7, 11) is 0. The molecule has 0 aromatic heterocycles. The van der Waals surface area contributed by atoms with E-state index in [0.29, 0.717) is 0 Å². The van der Waals surface area contributed by atoms with E-state index in [0.717, 1.165) is 20.7 Å². The van der Waals surface area contributed by atoms with E-state index in [4.69, 9.17) is 10.9 Å². The third-order valence-corrected chi connectivity index (χ3v) is 4.44. The summed E-state index contributed by atoms with van der Waals surface area (Å²) in [5, 5.41) is 12.0. The van der Waals surface area contributed by atoms with E-state index in [1.54, 1.807) is 11.8 Å². The fraction of sp³-hybridized carbons (Fsp3) is 0.133. The van der Waals surface area contributed by atoms with Gasteiger partial charge in [-0.2, -0.15) is 0 Å². The van der Waals surface area contributed by atoms with Gasteiger partial charge in [-0.15, -0.1) is 11.8 Å². The average Bonchev–Trinajstić information content (AvgIpc) is 2.45. The molecule has 2 aromatic rings. The molecule has 2 rings (SSSR count). The van der Waals surface area contributed by atoms with Crippen molar-refractivity contribution in [1.29, 1.82) is 0 Å². The Bertz CT molecular complexity index is 644. The highest BCUT2D eigenvalue weighted by molar-refractivity contribution is 9.10. The van der Waals surface area contributed by atoms with Crippen molar-refractivity contribution in [3.05, 3.63) is 63.6 Å². The summed E-state index contributed by atoms with van der Waals surface area (Å²) in [5.41, 5.74) is 8.96. The maximum Gasteiger partial charge on any atom is 0.171 e. The van der Waals surface area contributed by atoms with Crippen LogP contribution < -0.4 is 5.73 Å². The highest BCUT2D eigenvalue weighted by Gasteiger charge is 2.09. The Labute approximate surface area is 131 Å². The van der Waals surface area contributed by atoms with Gasteiger partial charge in [0.15, 0.2) is 5.84 Å². The molecule has 3 nitrogen and oxygen atoms in total. The Morgan fingerprint density at radius 2 is 2.10 bits per heavy atom. The fourth-order valence-corrected chi connectivity index (χ4v) is 3.19. The number of hydrogen-bond donors (Lipinski definition) is 2. The quantitative estimate of drug-likeness (QED) is 0.286. The van der Waals surface area contributed by atoms with Crippen molar-refractivity contribution in [2.24, 2.45) is 10.9 Å². The molecule has 0 aliphatic carbocycles. The third kappa shape index (κ3) is 3.77. The van der Waals surface area contributed by atoms with Gasteiger partial charge in [-0.3, -0.25) is 0 Å². The van der Waals surface area contributed by atoms with Gasteiger partial charge in [-0.25, -0.2) is 0 Å². The molecule has 0 bridgehead atoms. The second kappa shape index (κ2) is 6.81. The normalized spacial score (nSPS) is 11.6. The Morgan fingerprint density at radius 1 is 1.30 bits per heavy atom. The van der Waals surface area contributed by atoms with Crippen LogP contribution in [0.2, 0.25) is 0 Å². The second-order valence-electron chi connectivity index (χ2n) is 4.40. The van der Waals surface area contributed by atoms with E-state index in [-0.39, 0.29) is 5.84 Å². The van der Waals surface area contributed by atoms with Crippen LogP contribution in [-0.2, 0) is 5.75 Å². The minimum atomic E-state index is 0.123. The van der Waals surface area contributed by atoms with Crippen molar-refractivity contribution in [2.45, 2.75) is 17.6 Å². The molecule has 0 heterocycles. The van der Waals surface area contributed by atoms with E-state index in [1.165, 1.54) is 11.1 Å². The molecule has 0 fully saturated rings. The van der Waals surface area contributed by atoms with Crippen molar-refractivity contribution < 1.29 is 5.21 Å². The van der Waals surface area contributed by atoms with Crippen LogP contribution in [0.3, 0.4) is 0 Å². The van der Waals surface area contributed by atoms with E-state index < -0.39 is 0 Å². The summed E-state index contributed by atoms with van der Waals surface area (Å²) in [5.74, 6) is 0.965. The second-order valence-corrected chi connectivity index (χ2v) is 6.34. The molecule has 0 aliphatic rings. The van der Waals surface area contributed by atoms with Gasteiger partial charge < -0.3 is 10.9 Å². The zero-order valence-electron chi connectivity index (χ0n) is 11.0. The summed E-state index contributed by atoms with van der Waals surface area (Å²) in [6.07, 6.45) is 0. The first-order chi connectivity index (χ1) is 9.60. The fourth-order valence-electron chi connectivity index (χ4n) is 1.85. The lowest BCUT2D eigenvalue weighted by Gasteiger charge is -2.09. The predicted molar refractivity (Wildman–Crippen MR) is 87.4 cm³/mol. The molecule has 0 saturated heterocycles. The third-order valence-electron chi connectivity index (χ3n) is 2.80. The monoisotopic (exact) mass is 350 g/mol. The summed E-state index contributed by atoms with van der Waals surface area (Å²) in [6.45, 7) is 2.08. The molecule has 0 unspecified atom stereocenters. The number of hydrogen-bond acceptors (Lipinski definition) is 3. The Kier molecular flexibility index (Phi) is 5.09. The molecular formula is C15H15BrN2OS. The zero-order chi connectivity index (χ0) is 14.5. The first-order valence-electron chi connectivity index (χ1n) is 6.06. The van der Waals surface area contributed by atoms with Gasteiger partial charge in [0.25, 0.3) is 0 Å². The molecule has 2 aromatic carbocycles. The molecule has 0 aliphatic heterocycles. The van der Waals surface area contributed by atoms with Crippen molar-refractivity contribution in [1.82, 2.24) is 0 Å². The van der Waals surface area contributed by atoms with Crippen LogP contribution in [0.1, 0.15) is 16.7 Å². The summed E-state index contributed by atoms with van der Waals surface area (Å²) < 4.78 is 0.902. The number of rotatable bonds is 4. The number of nitrogens with two attached hydrogens (primary N) is 1. The van der Waals surface area contributed by atoms with Crippen LogP contribution in [0.4, 0.5) is 0 Å². The van der Waals surface area contributed by atoms with Crippen LogP contribution in [0.25, 0.3) is 0 Å². The minimum Gasteiger partial charge on any atom is -0.409 e. The van der Waals surface area contributed by atoms with E-state index in [1.807, 2.05) is 18.2 Å². The van der Waals surface area contributed by atoms with Crippen LogP contribution in [-0.4, -0.2) is 11.0 Å². The number of halogens is 1. The molecular weight excluding hydrogens is 336 g/mol. The number of thioether (sulfide) groups is 1. The smallest absolute Gasteiger partial charge is 0.171 e. The largest absolute Gasteiger partial charge is 0.409 e. The Balaban J connectivity index is 2.21. The molecule has 20 heavy (non-hydrogen) atoms. The molecule has 0 radical (unpaired) electrons. The number of oxime groups is 1. The maximum atomic E-state index is 8.86. The van der Waals surface area contributed by atoms with E-state index >= 15 is 0 Å². The molecule has 0 amide bonds. The average molecular weight is 351 g/mol. The van der Waals surface area contributed by atoms with Gasteiger partial charge in [0.1, 0.15) is 0 Å². The maximum absolute atomic E-state index is 8.86. The highest BCUT2D eigenvalue weighted by Crippen LogP contribution is 2.28. The first-order valence-corrected chi connectivity index (χ1v) is 7.84. The lowest BCUT2D eigenvalue weighted by molar-refractivity contribution is 0.318. The van der Waals surface area contributed by atoms with Crippen LogP contribution in [0.5, 0.6) is 0 Å². The zero-order valence-corrected chi connectivity index (χ0v) is 13.4. The van der Waals surface area contributed by atoms with E-state index in [9.17, 15) is 0 Å². The number of aryl methyl sites for hydroxylation is 1. The van der Waals surface area contributed by atoms with Crippen molar-refractivity contribution in [3.8, 4) is 0 Å². The van der Waals surface area contributed by atoms with Gasteiger partial charge in [0.2, 0.25) is 0 Å². The van der Waals surface area contributed by atoms with Crippen LogP contribution in [0, 0.1) is 6.92 Å². The number of amidine groups is 1. The van der Waals surface area contributed by atoms with Gasteiger partial charge in [0, 0.05) is 20.7 Å². The molecule has 0 spiro atoms. The highest BCUT2D eigenvalue weighted by atomic mass is 79.9. The summed E-state index contributed by atoms with van der Waals surface area (Å²) in [4.78, 5) is 0.991. The topological polar surface area (TPSA) is 58.6 Å². The standard InChI is InChI=1S/C15H15BrN2OS/c1-10-3-2-4-11(7-10)9-20-14-6-5-12(16)8-13(14)15(17)18-19/h2-8,19H,9H2,1H3,(H2,17,18). The predicted octanol–water partition coefficient (Wildman–Crippen LogP) is 4.14. The van der Waals surface area contributed by atoms with Crippen molar-refractivity contribution >= 4 is 33.5 Å². The molecule has 5 heteroatoms. The number of benzene rings is 2. The SMILES string of the molecule is Cc1cccc(CSc2ccc(Br)cc2/C(N)=N/O)c1. The van der Waals surface area contributed by atoms with Gasteiger partial charge >= 0.3 is 0 Å². The number of nitrogens with zero attached hydrogens (tertiary/aromatic N) is 1. The van der Waals surface area contributed by atoms with Crippen LogP contribution >= 0.6 is 27.7 Å². The summed E-state index contributed by atoms with van der Waals surface area (Å²) >= 11 is 5.07. The first kappa shape index (κ1) is 14.9. The minimum absolute atomic E-state index is 0.123. The van der Waals surface area contributed by atoms with Gasteiger partial charge in [-0.1, -0.05) is 50.9 Å². The lowest BCUT2D eigenvalue weighted by atomic mass is 10.2. The van der Waals surface area contributed by atoms with Gasteiger partial charge in [0.05, 0.1) is 0 Å². The Morgan fingerprint density at radius 3 is 2.80 bits per heavy atom. The Hall–Kier alpha value is -1.46. The van der Waals surface area contributed by atoms with E-state index in [2.05, 4.69) is 52.3 Å². The molecule has 3 N–H and O–H groups in total.